The number of imidazole rings is 1. The highest BCUT2D eigenvalue weighted by Crippen LogP contribution is 2.24. The van der Waals surface area contributed by atoms with Gasteiger partial charge in [0.1, 0.15) is 5.75 Å². The summed E-state index contributed by atoms with van der Waals surface area (Å²) in [4.78, 5) is 4.03. The van der Waals surface area contributed by atoms with E-state index in [-0.39, 0.29) is 12.6 Å². The van der Waals surface area contributed by atoms with E-state index in [1.807, 2.05) is 35.9 Å². The molecule has 5 nitrogen and oxygen atoms in total. The van der Waals surface area contributed by atoms with E-state index in [1.165, 1.54) is 0 Å². The summed E-state index contributed by atoms with van der Waals surface area (Å²) in [5.41, 5.74) is 7.78. The van der Waals surface area contributed by atoms with E-state index in [2.05, 4.69) is 4.98 Å². The summed E-state index contributed by atoms with van der Waals surface area (Å²) < 4.78 is 7.58. The number of aromatic nitrogens is 2. The summed E-state index contributed by atoms with van der Waals surface area (Å²) in [6.07, 6.45) is 5.40. The molecule has 102 valence electrons. The zero-order valence-electron chi connectivity index (χ0n) is 11.0. The quantitative estimate of drug-likeness (QED) is 0.822. The topological polar surface area (TPSA) is 73.3 Å². The molecule has 0 radical (unpaired) electrons. The van der Waals surface area contributed by atoms with Crippen LogP contribution in [0.5, 0.6) is 5.75 Å². The van der Waals surface area contributed by atoms with Gasteiger partial charge in [-0.05, 0) is 24.6 Å². The van der Waals surface area contributed by atoms with Gasteiger partial charge in [0, 0.05) is 18.0 Å². The van der Waals surface area contributed by atoms with Crippen LogP contribution >= 0.6 is 0 Å². The first kappa shape index (κ1) is 13.6. The molecule has 0 spiro atoms. The number of hydrogen-bond acceptors (Lipinski definition) is 4. The van der Waals surface area contributed by atoms with Crippen molar-refractivity contribution in [1.82, 2.24) is 9.55 Å². The molecule has 3 N–H and O–H groups in total. The Morgan fingerprint density at radius 2 is 2.32 bits per heavy atom. The number of aliphatic hydroxyl groups is 1. The van der Waals surface area contributed by atoms with Crippen LogP contribution in [0.3, 0.4) is 0 Å². The van der Waals surface area contributed by atoms with Crippen molar-refractivity contribution in [2.24, 2.45) is 5.73 Å². The van der Waals surface area contributed by atoms with Gasteiger partial charge in [-0.3, -0.25) is 0 Å². The SMILES string of the molecule is CCOc1ccc([C@@H](N)CO)cc1Cn1ccnc1. The lowest BCUT2D eigenvalue weighted by atomic mass is 10.0. The molecular formula is C14H19N3O2. The number of nitrogens with zero attached hydrogens (tertiary/aromatic N) is 2. The zero-order chi connectivity index (χ0) is 13.7. The van der Waals surface area contributed by atoms with Gasteiger partial charge >= 0.3 is 0 Å². The summed E-state index contributed by atoms with van der Waals surface area (Å²) in [5.74, 6) is 0.838. The lowest BCUT2D eigenvalue weighted by Gasteiger charge is -2.15. The van der Waals surface area contributed by atoms with E-state index in [4.69, 9.17) is 15.6 Å². The van der Waals surface area contributed by atoms with Crippen molar-refractivity contribution >= 4 is 0 Å². The van der Waals surface area contributed by atoms with Crippen LogP contribution in [0.1, 0.15) is 24.1 Å². The van der Waals surface area contributed by atoms with Crippen LogP contribution in [0.2, 0.25) is 0 Å². The van der Waals surface area contributed by atoms with Gasteiger partial charge in [0.05, 0.1) is 32.1 Å². The molecule has 1 atom stereocenters. The number of aliphatic hydroxyl groups excluding tert-OH is 1. The summed E-state index contributed by atoms with van der Waals surface area (Å²) in [6.45, 7) is 3.16. The molecule has 0 saturated heterocycles. The van der Waals surface area contributed by atoms with Crippen LogP contribution in [0.15, 0.2) is 36.9 Å². The maximum absolute atomic E-state index is 9.14. The average molecular weight is 261 g/mol. The summed E-state index contributed by atoms with van der Waals surface area (Å²) in [7, 11) is 0. The Morgan fingerprint density at radius 1 is 1.47 bits per heavy atom. The highest BCUT2D eigenvalue weighted by molar-refractivity contribution is 5.38. The van der Waals surface area contributed by atoms with Gasteiger partial charge in [0.25, 0.3) is 0 Å². The second-order valence-corrected chi connectivity index (χ2v) is 4.32. The Balaban J connectivity index is 2.30. The fourth-order valence-corrected chi connectivity index (χ4v) is 1.93. The van der Waals surface area contributed by atoms with Crippen molar-refractivity contribution in [2.75, 3.05) is 13.2 Å². The first-order valence-corrected chi connectivity index (χ1v) is 6.32. The van der Waals surface area contributed by atoms with Crippen LogP contribution in [-0.4, -0.2) is 27.9 Å². The van der Waals surface area contributed by atoms with Crippen LogP contribution in [0.25, 0.3) is 0 Å². The smallest absolute Gasteiger partial charge is 0.124 e. The highest BCUT2D eigenvalue weighted by atomic mass is 16.5. The predicted molar refractivity (Wildman–Crippen MR) is 73.0 cm³/mol. The summed E-state index contributed by atoms with van der Waals surface area (Å²) >= 11 is 0. The first-order chi connectivity index (χ1) is 9.24. The monoisotopic (exact) mass is 261 g/mol. The minimum Gasteiger partial charge on any atom is -0.494 e. The molecular weight excluding hydrogens is 242 g/mol. The van der Waals surface area contributed by atoms with Gasteiger partial charge in [-0.25, -0.2) is 4.98 Å². The molecule has 1 aromatic heterocycles. The minimum absolute atomic E-state index is 0.0709. The van der Waals surface area contributed by atoms with Crippen molar-refractivity contribution < 1.29 is 9.84 Å². The van der Waals surface area contributed by atoms with Crippen LogP contribution < -0.4 is 10.5 Å². The molecule has 0 bridgehead atoms. The predicted octanol–water partition coefficient (Wildman–Crippen LogP) is 1.32. The number of hydrogen-bond donors (Lipinski definition) is 2. The molecule has 0 aliphatic rings. The van der Waals surface area contributed by atoms with Gasteiger partial charge < -0.3 is 20.1 Å². The third-order valence-electron chi connectivity index (χ3n) is 2.92. The third-order valence-corrected chi connectivity index (χ3v) is 2.92. The van der Waals surface area contributed by atoms with Crippen LogP contribution in [0.4, 0.5) is 0 Å². The number of ether oxygens (including phenoxy) is 1. The van der Waals surface area contributed by atoms with Gasteiger partial charge in [-0.1, -0.05) is 6.07 Å². The molecule has 2 rings (SSSR count). The van der Waals surface area contributed by atoms with E-state index in [0.29, 0.717) is 13.2 Å². The zero-order valence-corrected chi connectivity index (χ0v) is 11.0. The highest BCUT2D eigenvalue weighted by Gasteiger charge is 2.10. The molecule has 0 unspecified atom stereocenters. The van der Waals surface area contributed by atoms with Crippen molar-refractivity contribution in [2.45, 2.75) is 19.5 Å². The standard InChI is InChI=1S/C14H19N3O2/c1-2-19-14-4-3-11(13(15)9-18)7-12(14)8-17-6-5-16-10-17/h3-7,10,13,18H,2,8-9,15H2,1H3/t13-/m0/s1. The molecule has 5 heteroatoms. The molecule has 2 aromatic rings. The van der Waals surface area contributed by atoms with Crippen molar-refractivity contribution in [1.29, 1.82) is 0 Å². The molecule has 1 heterocycles. The number of benzene rings is 1. The third kappa shape index (κ3) is 3.33. The first-order valence-electron chi connectivity index (χ1n) is 6.32. The second kappa shape index (κ2) is 6.36. The molecule has 19 heavy (non-hydrogen) atoms. The molecule has 0 saturated carbocycles. The van der Waals surface area contributed by atoms with E-state index in [1.54, 1.807) is 12.5 Å². The normalized spacial score (nSPS) is 12.4. The fraction of sp³-hybridized carbons (Fsp3) is 0.357. The average Bonchev–Trinajstić information content (AvgIpc) is 2.93. The van der Waals surface area contributed by atoms with Gasteiger partial charge in [0.2, 0.25) is 0 Å². The maximum Gasteiger partial charge on any atom is 0.124 e. The Morgan fingerprint density at radius 3 is 2.95 bits per heavy atom. The minimum atomic E-state index is -0.364. The number of rotatable bonds is 6. The van der Waals surface area contributed by atoms with Gasteiger partial charge in [0.15, 0.2) is 0 Å². The van der Waals surface area contributed by atoms with Crippen molar-refractivity contribution in [3.05, 3.63) is 48.0 Å². The lowest BCUT2D eigenvalue weighted by Crippen LogP contribution is -2.15. The Bertz CT molecular complexity index is 511. The van der Waals surface area contributed by atoms with Crippen LogP contribution in [-0.2, 0) is 6.54 Å². The molecule has 0 amide bonds. The summed E-state index contributed by atoms with van der Waals surface area (Å²) in [6, 6.07) is 5.41. The van der Waals surface area contributed by atoms with Crippen LogP contribution in [0, 0.1) is 0 Å². The molecule has 0 aliphatic carbocycles. The number of nitrogens with two attached hydrogens (primary N) is 1. The summed E-state index contributed by atoms with van der Waals surface area (Å²) in [5, 5.41) is 9.14. The molecule has 0 aliphatic heterocycles. The second-order valence-electron chi connectivity index (χ2n) is 4.32. The van der Waals surface area contributed by atoms with E-state index in [9.17, 15) is 0 Å². The fourth-order valence-electron chi connectivity index (χ4n) is 1.93. The van der Waals surface area contributed by atoms with E-state index >= 15 is 0 Å². The van der Waals surface area contributed by atoms with E-state index < -0.39 is 0 Å². The molecule has 1 aromatic carbocycles. The van der Waals surface area contributed by atoms with Gasteiger partial charge in [-0.15, -0.1) is 0 Å². The van der Waals surface area contributed by atoms with Crippen molar-refractivity contribution in [3.8, 4) is 5.75 Å². The molecule has 0 fully saturated rings. The Hall–Kier alpha value is -1.85. The van der Waals surface area contributed by atoms with E-state index in [0.717, 1.165) is 16.9 Å². The van der Waals surface area contributed by atoms with Crippen molar-refractivity contribution in [3.63, 3.8) is 0 Å². The maximum atomic E-state index is 9.14. The Labute approximate surface area is 112 Å². The largest absolute Gasteiger partial charge is 0.494 e. The Kier molecular flexibility index (Phi) is 4.54. The van der Waals surface area contributed by atoms with Gasteiger partial charge in [-0.2, -0.15) is 0 Å². The lowest BCUT2D eigenvalue weighted by molar-refractivity contribution is 0.267.